The first-order valence-electron chi connectivity index (χ1n) is 8.24. The summed E-state index contributed by atoms with van der Waals surface area (Å²) in [6, 6.07) is 6.70. The van der Waals surface area contributed by atoms with Gasteiger partial charge in [0.25, 0.3) is 0 Å². The van der Waals surface area contributed by atoms with Crippen molar-refractivity contribution in [1.29, 1.82) is 0 Å². The lowest BCUT2D eigenvalue weighted by Gasteiger charge is -2.12. The monoisotopic (exact) mass is 332 g/mol. The van der Waals surface area contributed by atoms with Crippen molar-refractivity contribution in [3.8, 4) is 0 Å². The fourth-order valence-corrected chi connectivity index (χ4v) is 2.74. The summed E-state index contributed by atoms with van der Waals surface area (Å²) < 4.78 is 0. The Morgan fingerprint density at radius 1 is 1.12 bits per heavy atom. The van der Waals surface area contributed by atoms with Crippen LogP contribution in [-0.2, 0) is 11.3 Å². The van der Waals surface area contributed by atoms with Gasteiger partial charge in [-0.2, -0.15) is 0 Å². The zero-order valence-corrected chi connectivity index (χ0v) is 13.6. The highest BCUT2D eigenvalue weighted by Crippen LogP contribution is 2.17. The molecule has 1 fully saturated rings. The number of carbonyl (C=O) groups is 3. The first kappa shape index (κ1) is 17.8. The number of hydrogen-bond acceptors (Lipinski definition) is 3. The molecule has 0 unspecified atom stereocenters. The van der Waals surface area contributed by atoms with Crippen LogP contribution in [0.4, 0.5) is 4.79 Å². The van der Waals surface area contributed by atoms with E-state index in [0.29, 0.717) is 11.6 Å². The molecular formula is C17H24N4O3. The number of amides is 4. The Kier molecular flexibility index (Phi) is 6.60. The van der Waals surface area contributed by atoms with Crippen molar-refractivity contribution < 1.29 is 14.4 Å². The van der Waals surface area contributed by atoms with Crippen molar-refractivity contribution in [2.75, 3.05) is 6.54 Å². The van der Waals surface area contributed by atoms with Gasteiger partial charge in [0, 0.05) is 31.1 Å². The number of carbonyl (C=O) groups excluding carboxylic acids is 3. The number of nitrogens with one attached hydrogen (secondary N) is 3. The normalized spacial score (nSPS) is 14.2. The van der Waals surface area contributed by atoms with Crippen LogP contribution < -0.4 is 21.7 Å². The molecule has 7 heteroatoms. The second-order valence-electron chi connectivity index (χ2n) is 5.97. The number of primary amides is 1. The summed E-state index contributed by atoms with van der Waals surface area (Å²) in [4.78, 5) is 34.6. The summed E-state index contributed by atoms with van der Waals surface area (Å²) in [5.41, 5.74) is 6.39. The first-order chi connectivity index (χ1) is 11.5. The second kappa shape index (κ2) is 8.90. The van der Waals surface area contributed by atoms with Crippen LogP contribution in [0, 0.1) is 0 Å². The van der Waals surface area contributed by atoms with Crippen LogP contribution in [-0.4, -0.2) is 30.4 Å². The van der Waals surface area contributed by atoms with Gasteiger partial charge in [-0.3, -0.25) is 9.59 Å². The molecule has 0 atom stereocenters. The van der Waals surface area contributed by atoms with Crippen molar-refractivity contribution in [2.45, 2.75) is 44.7 Å². The highest BCUT2D eigenvalue weighted by atomic mass is 16.2. The van der Waals surface area contributed by atoms with Crippen molar-refractivity contribution in [2.24, 2.45) is 5.73 Å². The Hall–Kier alpha value is -2.57. The molecule has 0 spiro atoms. The smallest absolute Gasteiger partial charge is 0.315 e. The maximum atomic E-state index is 11.7. The molecule has 2 rings (SSSR count). The van der Waals surface area contributed by atoms with Crippen molar-refractivity contribution in [3.63, 3.8) is 0 Å². The zero-order valence-electron chi connectivity index (χ0n) is 13.6. The Labute approximate surface area is 141 Å². The molecule has 5 N–H and O–H groups in total. The van der Waals surface area contributed by atoms with Crippen LogP contribution in [0.25, 0.3) is 0 Å². The third kappa shape index (κ3) is 5.91. The third-order valence-corrected chi connectivity index (χ3v) is 4.02. The molecule has 1 aromatic rings. The summed E-state index contributed by atoms with van der Waals surface area (Å²) >= 11 is 0. The number of nitrogens with two attached hydrogens (primary N) is 1. The van der Waals surface area contributed by atoms with Crippen molar-refractivity contribution in [1.82, 2.24) is 16.0 Å². The van der Waals surface area contributed by atoms with Crippen LogP contribution in [0.1, 0.15) is 48.0 Å². The molecule has 1 aliphatic carbocycles. The molecule has 4 amide bonds. The zero-order chi connectivity index (χ0) is 17.4. The molecule has 0 bridgehead atoms. The van der Waals surface area contributed by atoms with E-state index < -0.39 is 5.91 Å². The van der Waals surface area contributed by atoms with Crippen LogP contribution in [0.15, 0.2) is 24.3 Å². The van der Waals surface area contributed by atoms with E-state index >= 15 is 0 Å². The van der Waals surface area contributed by atoms with Gasteiger partial charge < -0.3 is 21.7 Å². The maximum absolute atomic E-state index is 11.7. The van der Waals surface area contributed by atoms with Gasteiger partial charge in [0.1, 0.15) is 0 Å². The van der Waals surface area contributed by atoms with E-state index in [1.807, 2.05) is 0 Å². The van der Waals surface area contributed by atoms with Crippen LogP contribution in [0.2, 0.25) is 0 Å². The van der Waals surface area contributed by atoms with Gasteiger partial charge in [0.15, 0.2) is 0 Å². The molecule has 1 aliphatic rings. The summed E-state index contributed by atoms with van der Waals surface area (Å²) in [6.45, 7) is 0.562. The Morgan fingerprint density at radius 2 is 1.88 bits per heavy atom. The molecule has 0 aromatic heterocycles. The average Bonchev–Trinajstić information content (AvgIpc) is 3.06. The summed E-state index contributed by atoms with van der Waals surface area (Å²) in [5, 5.41) is 8.29. The Morgan fingerprint density at radius 3 is 2.58 bits per heavy atom. The standard InChI is InChI=1S/C17H24N4O3/c18-16(23)13-5-3-4-12(10-13)11-20-17(24)19-9-8-15(22)21-14-6-1-2-7-14/h3-5,10,14H,1-2,6-9,11H2,(H2,18,23)(H,21,22)(H2,19,20,24). The average molecular weight is 332 g/mol. The van der Waals surface area contributed by atoms with E-state index in [-0.39, 0.29) is 31.4 Å². The number of rotatable bonds is 7. The SMILES string of the molecule is NC(=O)c1cccc(CNC(=O)NCCC(=O)NC2CCCC2)c1. The number of urea groups is 1. The van der Waals surface area contributed by atoms with Crippen LogP contribution in [0.3, 0.4) is 0 Å². The van der Waals surface area contributed by atoms with Gasteiger partial charge in [-0.1, -0.05) is 25.0 Å². The van der Waals surface area contributed by atoms with Gasteiger partial charge in [-0.05, 0) is 30.5 Å². The van der Waals surface area contributed by atoms with Crippen LogP contribution in [0.5, 0.6) is 0 Å². The molecule has 0 aliphatic heterocycles. The lowest BCUT2D eigenvalue weighted by atomic mass is 10.1. The highest BCUT2D eigenvalue weighted by Gasteiger charge is 2.16. The Balaban J connectivity index is 1.63. The number of hydrogen-bond donors (Lipinski definition) is 4. The minimum atomic E-state index is -0.505. The van der Waals surface area contributed by atoms with Gasteiger partial charge in [0.05, 0.1) is 0 Å². The second-order valence-corrected chi connectivity index (χ2v) is 5.97. The predicted octanol–water partition coefficient (Wildman–Crippen LogP) is 1.03. The number of benzene rings is 1. The molecule has 1 saturated carbocycles. The lowest BCUT2D eigenvalue weighted by Crippen LogP contribution is -2.39. The molecule has 0 saturated heterocycles. The quantitative estimate of drug-likeness (QED) is 0.598. The minimum Gasteiger partial charge on any atom is -0.366 e. The van der Waals surface area contributed by atoms with E-state index in [0.717, 1.165) is 18.4 Å². The molecule has 0 radical (unpaired) electrons. The molecule has 7 nitrogen and oxygen atoms in total. The summed E-state index contributed by atoms with van der Waals surface area (Å²) in [5.74, 6) is -0.536. The summed E-state index contributed by atoms with van der Waals surface area (Å²) in [6.07, 6.45) is 4.69. The first-order valence-corrected chi connectivity index (χ1v) is 8.24. The fourth-order valence-electron chi connectivity index (χ4n) is 2.74. The van der Waals surface area contributed by atoms with E-state index in [9.17, 15) is 14.4 Å². The van der Waals surface area contributed by atoms with E-state index in [4.69, 9.17) is 5.73 Å². The topological polar surface area (TPSA) is 113 Å². The molecule has 0 heterocycles. The predicted molar refractivity (Wildman–Crippen MR) is 90.2 cm³/mol. The van der Waals surface area contributed by atoms with Gasteiger partial charge in [-0.25, -0.2) is 4.79 Å². The summed E-state index contributed by atoms with van der Waals surface area (Å²) in [7, 11) is 0. The van der Waals surface area contributed by atoms with Gasteiger partial charge in [-0.15, -0.1) is 0 Å². The van der Waals surface area contributed by atoms with Crippen molar-refractivity contribution >= 4 is 17.8 Å². The highest BCUT2D eigenvalue weighted by molar-refractivity contribution is 5.92. The van der Waals surface area contributed by atoms with Crippen LogP contribution >= 0.6 is 0 Å². The van der Waals surface area contributed by atoms with E-state index in [1.165, 1.54) is 12.8 Å². The molecule has 130 valence electrons. The third-order valence-electron chi connectivity index (χ3n) is 4.02. The van der Waals surface area contributed by atoms with E-state index in [1.54, 1.807) is 24.3 Å². The lowest BCUT2D eigenvalue weighted by molar-refractivity contribution is -0.121. The Bertz CT molecular complexity index is 597. The van der Waals surface area contributed by atoms with Crippen molar-refractivity contribution in [3.05, 3.63) is 35.4 Å². The molecule has 1 aromatic carbocycles. The van der Waals surface area contributed by atoms with Gasteiger partial charge in [0.2, 0.25) is 11.8 Å². The minimum absolute atomic E-state index is 0.0311. The fraction of sp³-hybridized carbons (Fsp3) is 0.471. The van der Waals surface area contributed by atoms with Gasteiger partial charge >= 0.3 is 6.03 Å². The maximum Gasteiger partial charge on any atom is 0.315 e. The molecule has 24 heavy (non-hydrogen) atoms. The largest absolute Gasteiger partial charge is 0.366 e. The van der Waals surface area contributed by atoms with E-state index in [2.05, 4.69) is 16.0 Å². The molecular weight excluding hydrogens is 308 g/mol.